The molecular weight excluding hydrogens is 374 g/mol. The van der Waals surface area contributed by atoms with Crippen molar-refractivity contribution < 1.29 is 23.0 Å². The summed E-state index contributed by atoms with van der Waals surface area (Å²) in [4.78, 5) is 17.1. The SMILES string of the molecule is COc1ccc(OC)c(NC(=O)c2sc(-c3c(F)cccc3F)nc2C)c1. The van der Waals surface area contributed by atoms with E-state index in [1.165, 1.54) is 20.3 Å². The molecule has 1 aromatic heterocycles. The number of benzene rings is 2. The minimum atomic E-state index is -0.731. The zero-order valence-electron chi connectivity index (χ0n) is 14.8. The summed E-state index contributed by atoms with van der Waals surface area (Å²) in [5.41, 5.74) is 0.536. The van der Waals surface area contributed by atoms with Gasteiger partial charge in [-0.15, -0.1) is 11.3 Å². The fraction of sp³-hybridized carbons (Fsp3) is 0.158. The van der Waals surface area contributed by atoms with Gasteiger partial charge < -0.3 is 14.8 Å². The van der Waals surface area contributed by atoms with Gasteiger partial charge in [0.05, 0.1) is 31.2 Å². The number of aromatic nitrogens is 1. The van der Waals surface area contributed by atoms with E-state index in [4.69, 9.17) is 9.47 Å². The molecule has 0 unspecified atom stereocenters. The Kier molecular flexibility index (Phi) is 5.36. The Morgan fingerprint density at radius 3 is 2.44 bits per heavy atom. The molecule has 3 rings (SSSR count). The van der Waals surface area contributed by atoms with Gasteiger partial charge in [0.25, 0.3) is 5.91 Å². The molecule has 27 heavy (non-hydrogen) atoms. The first kappa shape index (κ1) is 18.8. The van der Waals surface area contributed by atoms with E-state index in [9.17, 15) is 13.6 Å². The molecule has 3 aromatic rings. The topological polar surface area (TPSA) is 60.5 Å². The molecule has 1 amide bonds. The van der Waals surface area contributed by atoms with Crippen LogP contribution in [0.25, 0.3) is 10.6 Å². The van der Waals surface area contributed by atoms with Gasteiger partial charge in [-0.3, -0.25) is 4.79 Å². The van der Waals surface area contributed by atoms with Gasteiger partial charge in [-0.05, 0) is 31.2 Å². The molecule has 0 fully saturated rings. The maximum absolute atomic E-state index is 14.0. The molecule has 0 saturated heterocycles. The number of carbonyl (C=O) groups excluding carboxylic acids is 1. The van der Waals surface area contributed by atoms with E-state index >= 15 is 0 Å². The molecule has 5 nitrogen and oxygen atoms in total. The highest BCUT2D eigenvalue weighted by molar-refractivity contribution is 7.17. The summed E-state index contributed by atoms with van der Waals surface area (Å²) in [5, 5.41) is 2.83. The zero-order valence-corrected chi connectivity index (χ0v) is 15.6. The van der Waals surface area contributed by atoms with E-state index in [1.807, 2.05) is 0 Å². The Labute approximate surface area is 158 Å². The van der Waals surface area contributed by atoms with E-state index in [1.54, 1.807) is 25.1 Å². The van der Waals surface area contributed by atoms with Gasteiger partial charge in [-0.25, -0.2) is 13.8 Å². The van der Waals surface area contributed by atoms with Crippen LogP contribution in [-0.2, 0) is 0 Å². The molecular formula is C19H16F2N2O3S. The summed E-state index contributed by atoms with van der Waals surface area (Å²) in [6.07, 6.45) is 0. The van der Waals surface area contributed by atoms with E-state index < -0.39 is 17.5 Å². The summed E-state index contributed by atoms with van der Waals surface area (Å²) >= 11 is 0.916. The first-order chi connectivity index (χ1) is 12.9. The lowest BCUT2D eigenvalue weighted by molar-refractivity contribution is 0.102. The third kappa shape index (κ3) is 3.75. The number of carbonyl (C=O) groups is 1. The van der Waals surface area contributed by atoms with Crippen LogP contribution in [0.15, 0.2) is 36.4 Å². The monoisotopic (exact) mass is 390 g/mol. The smallest absolute Gasteiger partial charge is 0.267 e. The third-order valence-electron chi connectivity index (χ3n) is 3.83. The highest BCUT2D eigenvalue weighted by Crippen LogP contribution is 2.34. The fourth-order valence-electron chi connectivity index (χ4n) is 2.51. The molecule has 140 valence electrons. The number of aryl methyl sites for hydroxylation is 1. The van der Waals surface area contributed by atoms with Crippen LogP contribution < -0.4 is 14.8 Å². The molecule has 1 heterocycles. The van der Waals surface area contributed by atoms with Crippen LogP contribution >= 0.6 is 11.3 Å². The van der Waals surface area contributed by atoms with Gasteiger partial charge in [-0.1, -0.05) is 6.07 Å². The zero-order chi connectivity index (χ0) is 19.6. The van der Waals surface area contributed by atoms with Gasteiger partial charge in [-0.2, -0.15) is 0 Å². The Hall–Kier alpha value is -3.00. The molecule has 0 radical (unpaired) electrons. The molecule has 0 aliphatic heterocycles. The van der Waals surface area contributed by atoms with Crippen molar-refractivity contribution in [1.29, 1.82) is 0 Å². The van der Waals surface area contributed by atoms with E-state index in [0.29, 0.717) is 22.9 Å². The number of rotatable bonds is 5. The number of ether oxygens (including phenoxy) is 2. The molecule has 2 aromatic carbocycles. The molecule has 0 aliphatic rings. The lowest BCUT2D eigenvalue weighted by Gasteiger charge is -2.11. The average Bonchev–Trinajstić information content (AvgIpc) is 3.02. The predicted molar refractivity (Wildman–Crippen MR) is 99.7 cm³/mol. The number of amides is 1. The predicted octanol–water partition coefficient (Wildman–Crippen LogP) is 4.67. The normalized spacial score (nSPS) is 10.6. The van der Waals surface area contributed by atoms with Gasteiger partial charge in [0.2, 0.25) is 0 Å². The maximum atomic E-state index is 14.0. The summed E-state index contributed by atoms with van der Waals surface area (Å²) in [5.74, 6) is -0.928. The summed E-state index contributed by atoms with van der Waals surface area (Å²) in [6.45, 7) is 1.61. The van der Waals surface area contributed by atoms with Crippen molar-refractivity contribution >= 4 is 22.9 Å². The lowest BCUT2D eigenvalue weighted by atomic mass is 10.2. The summed E-state index contributed by atoms with van der Waals surface area (Å²) in [7, 11) is 2.99. The molecule has 0 aliphatic carbocycles. The van der Waals surface area contributed by atoms with Crippen LogP contribution in [-0.4, -0.2) is 25.1 Å². The molecule has 0 saturated carbocycles. The molecule has 8 heteroatoms. The standard InChI is InChI=1S/C19H16F2N2O3S/c1-10-17(27-19(22-10)16-12(20)5-4-6-13(16)21)18(24)23-14-9-11(25-2)7-8-15(14)26-3/h4-9H,1-3H3,(H,23,24). The highest BCUT2D eigenvalue weighted by atomic mass is 32.1. The van der Waals surface area contributed by atoms with Gasteiger partial charge in [0.1, 0.15) is 33.0 Å². The van der Waals surface area contributed by atoms with E-state index in [0.717, 1.165) is 23.5 Å². The largest absolute Gasteiger partial charge is 0.497 e. The number of anilines is 1. The minimum absolute atomic E-state index is 0.103. The second-order valence-electron chi connectivity index (χ2n) is 5.55. The summed E-state index contributed by atoms with van der Waals surface area (Å²) in [6, 6.07) is 8.55. The van der Waals surface area contributed by atoms with Crippen molar-refractivity contribution in [3.63, 3.8) is 0 Å². The Balaban J connectivity index is 1.94. The van der Waals surface area contributed by atoms with Crippen LogP contribution in [0, 0.1) is 18.6 Å². The molecule has 0 atom stereocenters. The van der Waals surface area contributed by atoms with Crippen LogP contribution in [0.3, 0.4) is 0 Å². The van der Waals surface area contributed by atoms with Crippen molar-refractivity contribution in [2.75, 3.05) is 19.5 Å². The lowest BCUT2D eigenvalue weighted by Crippen LogP contribution is -2.12. The Bertz CT molecular complexity index is 984. The van der Waals surface area contributed by atoms with E-state index in [2.05, 4.69) is 10.3 Å². The first-order valence-corrected chi connectivity index (χ1v) is 8.71. The summed E-state index contributed by atoms with van der Waals surface area (Å²) < 4.78 is 38.4. The number of thiazole rings is 1. The molecule has 1 N–H and O–H groups in total. The number of halogens is 2. The maximum Gasteiger partial charge on any atom is 0.267 e. The number of methoxy groups -OCH3 is 2. The van der Waals surface area contributed by atoms with Gasteiger partial charge in [0.15, 0.2) is 0 Å². The van der Waals surface area contributed by atoms with Crippen LogP contribution in [0.2, 0.25) is 0 Å². The number of hydrogen-bond acceptors (Lipinski definition) is 5. The molecule has 0 spiro atoms. The second kappa shape index (κ2) is 7.71. The Morgan fingerprint density at radius 2 is 1.81 bits per heavy atom. The quantitative estimate of drug-likeness (QED) is 0.688. The number of nitrogens with zero attached hydrogens (tertiary/aromatic N) is 1. The van der Waals surface area contributed by atoms with Crippen LogP contribution in [0.4, 0.5) is 14.5 Å². The Morgan fingerprint density at radius 1 is 1.11 bits per heavy atom. The van der Waals surface area contributed by atoms with Gasteiger partial charge in [0, 0.05) is 6.07 Å². The molecule has 0 bridgehead atoms. The second-order valence-corrected chi connectivity index (χ2v) is 6.55. The van der Waals surface area contributed by atoms with Gasteiger partial charge >= 0.3 is 0 Å². The first-order valence-electron chi connectivity index (χ1n) is 7.89. The van der Waals surface area contributed by atoms with Crippen molar-refractivity contribution in [2.45, 2.75) is 6.92 Å². The fourth-order valence-corrected chi connectivity index (χ4v) is 3.52. The van der Waals surface area contributed by atoms with Crippen molar-refractivity contribution in [3.8, 4) is 22.1 Å². The average molecular weight is 390 g/mol. The third-order valence-corrected chi connectivity index (χ3v) is 5.01. The van der Waals surface area contributed by atoms with Crippen LogP contribution in [0.5, 0.6) is 11.5 Å². The van der Waals surface area contributed by atoms with E-state index in [-0.39, 0.29) is 15.4 Å². The van der Waals surface area contributed by atoms with Crippen LogP contribution in [0.1, 0.15) is 15.4 Å². The number of hydrogen-bond donors (Lipinski definition) is 1. The van der Waals surface area contributed by atoms with Crippen molar-refractivity contribution in [2.24, 2.45) is 0 Å². The number of nitrogens with one attached hydrogen (secondary N) is 1. The van der Waals surface area contributed by atoms with Crippen molar-refractivity contribution in [3.05, 3.63) is 58.6 Å². The highest BCUT2D eigenvalue weighted by Gasteiger charge is 2.21. The van der Waals surface area contributed by atoms with Crippen molar-refractivity contribution in [1.82, 2.24) is 4.98 Å². The minimum Gasteiger partial charge on any atom is -0.497 e.